The van der Waals surface area contributed by atoms with Gasteiger partial charge in [0.05, 0.1) is 34.9 Å². The zero-order valence-corrected chi connectivity index (χ0v) is 15.0. The minimum atomic E-state index is -0.871. The van der Waals surface area contributed by atoms with Crippen LogP contribution < -0.4 is 4.90 Å². The monoisotopic (exact) mass is 338 g/mol. The Bertz CT molecular complexity index is 870. The maximum Gasteiger partial charge on any atom is 0.238 e. The minimum Gasteiger partial charge on any atom is -0.390 e. The van der Waals surface area contributed by atoms with Gasteiger partial charge in [0.2, 0.25) is 5.91 Å². The highest BCUT2D eigenvalue weighted by Crippen LogP contribution is 2.63. The first-order valence-electron chi connectivity index (χ1n) is 8.57. The van der Waals surface area contributed by atoms with E-state index >= 15 is 0 Å². The summed E-state index contributed by atoms with van der Waals surface area (Å²) in [6.07, 6.45) is -0.143. The van der Waals surface area contributed by atoms with Crippen LogP contribution in [0, 0.1) is 37.0 Å². The number of rotatable bonds is 1. The third-order valence-electron chi connectivity index (χ3n) is 6.57. The Hall–Kier alpha value is -2.16. The van der Waals surface area contributed by atoms with Crippen molar-refractivity contribution in [3.8, 4) is 6.07 Å². The fourth-order valence-corrected chi connectivity index (χ4v) is 5.14. The molecule has 0 aromatic heterocycles. The van der Waals surface area contributed by atoms with Crippen LogP contribution in [0.3, 0.4) is 0 Å². The van der Waals surface area contributed by atoms with Crippen molar-refractivity contribution in [3.63, 3.8) is 0 Å². The van der Waals surface area contributed by atoms with Crippen LogP contribution >= 0.6 is 0 Å². The number of amides is 1. The van der Waals surface area contributed by atoms with E-state index in [-0.39, 0.29) is 11.8 Å². The Morgan fingerprint density at radius 1 is 1.32 bits per heavy atom. The molecule has 0 aliphatic carbocycles. The lowest BCUT2D eigenvalue weighted by Gasteiger charge is -2.33. The summed E-state index contributed by atoms with van der Waals surface area (Å²) in [5.41, 5.74) is 2.42. The standard InChI is InChI=1S/C20H22N2O3/c1-10-11(2)14(7-6-13(10)9-21)22-12(3)16-17(18(22)24)20(5)15(23)8-19(16,4)25-20/h6-7,15-17,23H,3,8H2,1-2,4-5H3/t15-,16-,17?,19?,20?/m0/s1. The fourth-order valence-electron chi connectivity index (χ4n) is 5.14. The summed E-state index contributed by atoms with van der Waals surface area (Å²) in [4.78, 5) is 15.0. The summed E-state index contributed by atoms with van der Waals surface area (Å²) in [7, 11) is 0. The zero-order chi connectivity index (χ0) is 18.3. The number of aliphatic hydroxyl groups is 1. The van der Waals surface area contributed by atoms with Crippen LogP contribution in [0.2, 0.25) is 0 Å². The average molecular weight is 338 g/mol. The molecule has 130 valence electrons. The second-order valence-electron chi connectivity index (χ2n) is 7.93. The maximum atomic E-state index is 13.3. The number of carbonyl (C=O) groups is 1. The van der Waals surface area contributed by atoms with Gasteiger partial charge in [-0.2, -0.15) is 5.26 Å². The largest absolute Gasteiger partial charge is 0.390 e. The summed E-state index contributed by atoms with van der Waals surface area (Å²) in [6.45, 7) is 11.8. The fraction of sp³-hybridized carbons (Fsp3) is 0.500. The highest BCUT2D eigenvalue weighted by atomic mass is 16.6. The molecule has 3 fully saturated rings. The summed E-state index contributed by atoms with van der Waals surface area (Å²) >= 11 is 0. The van der Waals surface area contributed by atoms with Gasteiger partial charge in [-0.15, -0.1) is 0 Å². The Labute approximate surface area is 147 Å². The molecule has 3 saturated heterocycles. The number of benzene rings is 1. The third kappa shape index (κ3) is 1.76. The van der Waals surface area contributed by atoms with Gasteiger partial charge in [0.15, 0.2) is 0 Å². The molecule has 3 heterocycles. The summed E-state index contributed by atoms with van der Waals surface area (Å²) < 4.78 is 6.14. The quantitative estimate of drug-likeness (QED) is 0.854. The van der Waals surface area contributed by atoms with Crippen LogP contribution in [0.15, 0.2) is 24.4 Å². The molecular weight excluding hydrogens is 316 g/mol. The second-order valence-corrected chi connectivity index (χ2v) is 7.93. The van der Waals surface area contributed by atoms with Crippen molar-refractivity contribution in [3.05, 3.63) is 41.1 Å². The maximum absolute atomic E-state index is 13.3. The van der Waals surface area contributed by atoms with Crippen LogP contribution in [0.4, 0.5) is 5.69 Å². The molecule has 2 bridgehead atoms. The van der Waals surface area contributed by atoms with Crippen molar-refractivity contribution in [2.24, 2.45) is 11.8 Å². The first kappa shape index (κ1) is 16.3. The van der Waals surface area contributed by atoms with Gasteiger partial charge in [0.25, 0.3) is 0 Å². The lowest BCUT2D eigenvalue weighted by atomic mass is 9.67. The first-order valence-corrected chi connectivity index (χ1v) is 8.57. The van der Waals surface area contributed by atoms with E-state index in [0.29, 0.717) is 12.0 Å². The average Bonchev–Trinajstić information content (AvgIpc) is 3.05. The first-order chi connectivity index (χ1) is 11.7. The molecular formula is C20H22N2O3. The number of nitrogens with zero attached hydrogens (tertiary/aromatic N) is 2. The summed E-state index contributed by atoms with van der Waals surface area (Å²) in [5.74, 6) is -0.639. The number of hydrogen-bond donors (Lipinski definition) is 1. The predicted octanol–water partition coefficient (Wildman–Crippen LogP) is 2.58. The molecule has 5 nitrogen and oxygen atoms in total. The highest BCUT2D eigenvalue weighted by molar-refractivity contribution is 6.03. The van der Waals surface area contributed by atoms with Crippen molar-refractivity contribution in [1.29, 1.82) is 5.26 Å². The second kappa shape index (κ2) is 4.72. The Balaban J connectivity index is 1.84. The molecule has 1 amide bonds. The summed E-state index contributed by atoms with van der Waals surface area (Å²) in [6, 6.07) is 5.74. The summed E-state index contributed by atoms with van der Waals surface area (Å²) in [5, 5.41) is 19.7. The topological polar surface area (TPSA) is 73.6 Å². The van der Waals surface area contributed by atoms with E-state index in [4.69, 9.17) is 4.74 Å². The normalized spacial score (nSPS) is 39.0. The van der Waals surface area contributed by atoms with Gasteiger partial charge in [-0.3, -0.25) is 9.69 Å². The molecule has 0 saturated carbocycles. The molecule has 3 unspecified atom stereocenters. The molecule has 3 aliphatic heterocycles. The van der Waals surface area contributed by atoms with Crippen molar-refractivity contribution in [1.82, 2.24) is 0 Å². The van der Waals surface area contributed by atoms with Gasteiger partial charge in [-0.05, 0) is 51.0 Å². The van der Waals surface area contributed by atoms with Gasteiger partial charge >= 0.3 is 0 Å². The number of ether oxygens (including phenoxy) is 1. The lowest BCUT2D eigenvalue weighted by molar-refractivity contribution is -0.131. The van der Waals surface area contributed by atoms with Crippen LogP contribution in [-0.2, 0) is 9.53 Å². The zero-order valence-electron chi connectivity index (χ0n) is 15.0. The molecule has 0 spiro atoms. The van der Waals surface area contributed by atoms with Crippen LogP contribution in [-0.4, -0.2) is 28.3 Å². The molecule has 3 aliphatic rings. The van der Waals surface area contributed by atoms with Crippen molar-refractivity contribution >= 4 is 11.6 Å². The van der Waals surface area contributed by atoms with Crippen molar-refractivity contribution in [2.75, 3.05) is 4.90 Å². The molecule has 5 atom stereocenters. The van der Waals surface area contributed by atoms with Crippen LogP contribution in [0.1, 0.15) is 37.0 Å². The van der Waals surface area contributed by atoms with E-state index in [9.17, 15) is 15.2 Å². The van der Waals surface area contributed by atoms with Gasteiger partial charge in [-0.25, -0.2) is 0 Å². The molecule has 1 N–H and O–H groups in total. The van der Waals surface area contributed by atoms with E-state index in [1.54, 1.807) is 11.0 Å². The lowest BCUT2D eigenvalue weighted by Crippen LogP contribution is -2.48. The molecule has 0 radical (unpaired) electrons. The SMILES string of the molecule is C=C1[C@H]2C(C(=O)N1c1ccc(C#N)c(C)c1C)C1(C)OC2(C)C[C@@H]1O. The van der Waals surface area contributed by atoms with Gasteiger partial charge < -0.3 is 9.84 Å². The predicted molar refractivity (Wildman–Crippen MR) is 92.8 cm³/mol. The minimum absolute atomic E-state index is 0.0767. The van der Waals surface area contributed by atoms with Crippen LogP contribution in [0.5, 0.6) is 0 Å². The highest BCUT2D eigenvalue weighted by Gasteiger charge is 2.73. The van der Waals surface area contributed by atoms with E-state index in [1.165, 1.54) is 0 Å². The number of fused-ring (bicyclic) bond motifs is 5. The molecule has 25 heavy (non-hydrogen) atoms. The van der Waals surface area contributed by atoms with E-state index in [1.807, 2.05) is 33.8 Å². The van der Waals surface area contributed by atoms with Gasteiger partial charge in [-0.1, -0.05) is 6.58 Å². The van der Waals surface area contributed by atoms with Gasteiger partial charge in [0.1, 0.15) is 5.60 Å². The molecule has 1 aromatic rings. The van der Waals surface area contributed by atoms with Crippen molar-refractivity contribution in [2.45, 2.75) is 51.4 Å². The number of hydrogen-bond acceptors (Lipinski definition) is 4. The van der Waals surface area contributed by atoms with E-state index in [2.05, 4.69) is 12.6 Å². The molecule has 5 heteroatoms. The Morgan fingerprint density at radius 3 is 2.64 bits per heavy atom. The van der Waals surface area contributed by atoms with E-state index in [0.717, 1.165) is 22.5 Å². The number of aliphatic hydroxyl groups excluding tert-OH is 1. The number of carbonyl (C=O) groups excluding carboxylic acids is 1. The third-order valence-corrected chi connectivity index (χ3v) is 6.57. The Morgan fingerprint density at radius 2 is 2.00 bits per heavy atom. The van der Waals surface area contributed by atoms with E-state index < -0.39 is 23.2 Å². The Kier molecular flexibility index (Phi) is 3.08. The van der Waals surface area contributed by atoms with Crippen LogP contribution in [0.25, 0.3) is 0 Å². The number of anilines is 1. The number of nitriles is 1. The smallest absolute Gasteiger partial charge is 0.238 e. The van der Waals surface area contributed by atoms with Crippen molar-refractivity contribution < 1.29 is 14.6 Å². The molecule has 1 aromatic carbocycles. The molecule has 4 rings (SSSR count). The van der Waals surface area contributed by atoms with Gasteiger partial charge in [0, 0.05) is 18.0 Å².